The van der Waals surface area contributed by atoms with Crippen LogP contribution in [0.4, 0.5) is 0 Å². The first-order valence-corrected chi connectivity index (χ1v) is 21.2. The molecule has 0 saturated carbocycles. The second-order valence-corrected chi connectivity index (χ2v) is 16.8. The Kier molecular flexibility index (Phi) is 19.7. The topological polar surface area (TPSA) is 231 Å². The largest absolute Gasteiger partial charge is 0.462 e. The summed E-state index contributed by atoms with van der Waals surface area (Å²) in [5.41, 5.74) is 1.30. The maximum absolute atomic E-state index is 13.7. The number of likely N-dealkylation sites (N-methyl/N-ethyl adjacent to an activating group) is 1. The van der Waals surface area contributed by atoms with E-state index in [1.165, 1.54) is 20.3 Å². The van der Waals surface area contributed by atoms with Gasteiger partial charge in [-0.1, -0.05) is 43.7 Å². The number of esters is 1. The Hall–Kier alpha value is -2.95. The van der Waals surface area contributed by atoms with Crippen molar-refractivity contribution in [3.05, 3.63) is 35.7 Å². The molecule has 4 heterocycles. The minimum atomic E-state index is -1.40. The Morgan fingerprint density at radius 1 is 0.967 bits per heavy atom. The minimum Gasteiger partial charge on any atom is -0.462 e. The number of rotatable bonds is 14. The highest BCUT2D eigenvalue weighted by molar-refractivity contribution is 6.05. The van der Waals surface area contributed by atoms with Crippen molar-refractivity contribution < 1.29 is 68.0 Å². The lowest BCUT2D eigenvalue weighted by Crippen LogP contribution is -2.64. The highest BCUT2D eigenvalue weighted by Crippen LogP contribution is 2.35. The number of hydrogen-bond donors (Lipinski definition) is 4. The van der Waals surface area contributed by atoms with E-state index in [1.807, 2.05) is 13.0 Å². The molecule has 17 atom stereocenters. The van der Waals surface area contributed by atoms with Gasteiger partial charge in [0.15, 0.2) is 18.4 Å². The normalized spacial score (nSPS) is 40.0. The molecule has 11 unspecified atom stereocenters. The third kappa shape index (κ3) is 13.3. The van der Waals surface area contributed by atoms with E-state index in [0.717, 1.165) is 4.59 Å². The van der Waals surface area contributed by atoms with E-state index in [0.29, 0.717) is 36.9 Å². The maximum atomic E-state index is 13.7. The first-order chi connectivity index (χ1) is 28.9. The van der Waals surface area contributed by atoms with E-state index in [2.05, 4.69) is 10.3 Å². The zero-order chi connectivity index (χ0) is 45.1. The van der Waals surface area contributed by atoms with Gasteiger partial charge in [0.05, 0.1) is 55.3 Å². The molecule has 0 aliphatic carbocycles. The van der Waals surface area contributed by atoms with Crippen molar-refractivity contribution >= 4 is 26.0 Å². The van der Waals surface area contributed by atoms with Crippen LogP contribution in [0, 0.1) is 23.7 Å². The molecule has 1 aromatic rings. The van der Waals surface area contributed by atoms with Crippen molar-refractivity contribution in [3.8, 4) is 0 Å². The molecule has 19 heteroatoms. The van der Waals surface area contributed by atoms with Crippen LogP contribution in [-0.4, -0.2) is 180 Å². The number of allylic oxidation sites excluding steroid dienone is 3. The first-order valence-electron chi connectivity index (χ1n) is 21.2. The van der Waals surface area contributed by atoms with Crippen molar-refractivity contribution in [2.45, 2.75) is 153 Å². The predicted molar refractivity (Wildman–Crippen MR) is 220 cm³/mol. The van der Waals surface area contributed by atoms with E-state index in [9.17, 15) is 34.8 Å². The summed E-state index contributed by atoms with van der Waals surface area (Å²) in [4.78, 5) is 41.3. The number of aromatic nitrogens is 3. The molecule has 0 bridgehead atoms. The molecule has 2 saturated heterocycles. The summed E-state index contributed by atoms with van der Waals surface area (Å²) in [5.74, 6) is -3.57. The molecule has 18 nitrogen and oxygen atoms in total. The number of carbonyl (C=O) groups excluding carboxylic acids is 3. The zero-order valence-electron chi connectivity index (χ0n) is 36.9. The number of cyclic esters (lactones) is 1. The second kappa shape index (κ2) is 23.7. The van der Waals surface area contributed by atoms with Crippen LogP contribution >= 0.6 is 0 Å². The fourth-order valence-corrected chi connectivity index (χ4v) is 8.54. The smallest absolute Gasteiger partial charge is 0.308 e. The van der Waals surface area contributed by atoms with Gasteiger partial charge in [-0.05, 0) is 52.7 Å². The summed E-state index contributed by atoms with van der Waals surface area (Å²) >= 11 is 0. The molecule has 3 aliphatic rings. The molecule has 4 N–H and O–H groups in total. The van der Waals surface area contributed by atoms with E-state index in [-0.39, 0.29) is 25.2 Å². The standard InChI is InChI=1S/C42H67BN4O14/c1-10-32-28(21-57-42-40(56-9)39(55-8)36(53)26(6)59-42)17-22(2)11-12-30(49)23(3)18-27(14-16-48)38(24(4)31(50)19-33(51)60-32)61-41-37(54)34(35(52)25(5)58-41)46(7)15-13-29-20-47(43)45-44-29/h11-12,16-17,20,23-28,31-32,34-42,50,52-54H,10,13-15,18-19,21H2,1-9H3/b12-11+,22-17+/t23-,24?,25?,26?,27+,28-,31-,32-,34?,35?,36?,37?,38-,39?,40?,41?,42?/m1/s1. The van der Waals surface area contributed by atoms with Crippen LogP contribution in [0.5, 0.6) is 0 Å². The Balaban J connectivity index is 1.61. The average Bonchev–Trinajstić information content (AvgIpc) is 3.65. The van der Waals surface area contributed by atoms with E-state index >= 15 is 0 Å². The van der Waals surface area contributed by atoms with Crippen LogP contribution in [0.1, 0.15) is 72.9 Å². The number of aldehydes is 1. The Morgan fingerprint density at radius 3 is 2.26 bits per heavy atom. The number of ketones is 1. The van der Waals surface area contributed by atoms with Crippen LogP contribution in [-0.2, 0) is 54.0 Å². The first kappa shape index (κ1) is 50.7. The Morgan fingerprint density at radius 2 is 1.64 bits per heavy atom. The summed E-state index contributed by atoms with van der Waals surface area (Å²) in [6.45, 7) is 10.8. The van der Waals surface area contributed by atoms with E-state index < -0.39 is 116 Å². The van der Waals surface area contributed by atoms with Crippen LogP contribution in [0.2, 0.25) is 0 Å². The van der Waals surface area contributed by atoms with Gasteiger partial charge < -0.3 is 63.0 Å². The number of nitrogens with zero attached hydrogens (tertiary/aromatic N) is 4. The second-order valence-electron chi connectivity index (χ2n) is 16.8. The van der Waals surface area contributed by atoms with E-state index in [4.69, 9.17) is 41.1 Å². The number of hydrogen-bond acceptors (Lipinski definition) is 17. The Labute approximate surface area is 360 Å². The van der Waals surface area contributed by atoms with Gasteiger partial charge >= 0.3 is 5.97 Å². The fraction of sp³-hybridized carbons (Fsp3) is 0.786. The molecule has 342 valence electrons. The van der Waals surface area contributed by atoms with Gasteiger partial charge in [0, 0.05) is 57.6 Å². The summed E-state index contributed by atoms with van der Waals surface area (Å²) < 4.78 is 43.1. The molecular formula is C42H67BN4O14. The van der Waals surface area contributed by atoms with Gasteiger partial charge in [0.25, 0.3) is 7.98 Å². The van der Waals surface area contributed by atoms with Crippen molar-refractivity contribution in [3.63, 3.8) is 0 Å². The van der Waals surface area contributed by atoms with Crippen molar-refractivity contribution in [2.24, 2.45) is 23.7 Å². The number of methoxy groups -OCH3 is 2. The van der Waals surface area contributed by atoms with Crippen LogP contribution in [0.3, 0.4) is 0 Å². The summed E-state index contributed by atoms with van der Waals surface area (Å²) in [6, 6.07) is -0.862. The molecule has 0 aromatic carbocycles. The number of aliphatic hydroxyl groups excluding tert-OH is 4. The third-order valence-electron chi connectivity index (χ3n) is 12.3. The number of ether oxygens (including phenoxy) is 7. The SMILES string of the molecule is [B]n1cc(CCN(C)C2C(O)C(C)OC(O[C@@H]3C(C)[C@H](O)CC(=O)O[C@H](CC)[C@@H](COC4OC(C)C(O)C(OC)C4OC)/C=C(C)/C=C/C(=O)[C@H](C)C[C@@H]3CC=O)C2O)nn1. The summed E-state index contributed by atoms with van der Waals surface area (Å²) in [7, 11) is 10.3. The van der Waals surface area contributed by atoms with Gasteiger partial charge in [-0.25, -0.2) is 0 Å². The maximum Gasteiger partial charge on any atom is 0.308 e. The van der Waals surface area contributed by atoms with Gasteiger partial charge in [-0.2, -0.15) is 0 Å². The molecule has 1 aromatic heterocycles. The van der Waals surface area contributed by atoms with Gasteiger partial charge in [0.1, 0.15) is 36.8 Å². The highest BCUT2D eigenvalue weighted by Gasteiger charge is 2.48. The monoisotopic (exact) mass is 862 g/mol. The molecular weight excluding hydrogens is 795 g/mol. The molecule has 2 fully saturated rings. The quantitative estimate of drug-likeness (QED) is 0.115. The van der Waals surface area contributed by atoms with Crippen molar-refractivity contribution in [1.29, 1.82) is 0 Å². The zero-order valence-corrected chi connectivity index (χ0v) is 36.9. The molecule has 3 aliphatic heterocycles. The third-order valence-corrected chi connectivity index (χ3v) is 12.3. The molecule has 2 radical (unpaired) electrons. The summed E-state index contributed by atoms with van der Waals surface area (Å²) in [6.07, 6.45) is -4.09. The lowest BCUT2D eigenvalue weighted by Gasteiger charge is -2.47. The average molecular weight is 863 g/mol. The van der Waals surface area contributed by atoms with Crippen LogP contribution in [0.25, 0.3) is 0 Å². The lowest BCUT2D eigenvalue weighted by molar-refractivity contribution is -0.305. The van der Waals surface area contributed by atoms with Gasteiger partial charge in [-0.15, -0.1) is 5.10 Å². The van der Waals surface area contributed by atoms with Crippen LogP contribution < -0.4 is 0 Å². The van der Waals surface area contributed by atoms with Crippen molar-refractivity contribution in [1.82, 2.24) is 19.8 Å². The summed E-state index contributed by atoms with van der Waals surface area (Å²) in [5, 5.41) is 53.1. The molecule has 0 spiro atoms. The Bertz CT molecular complexity index is 1620. The van der Waals surface area contributed by atoms with Gasteiger partial charge in [0.2, 0.25) is 0 Å². The fourth-order valence-electron chi connectivity index (χ4n) is 8.54. The van der Waals surface area contributed by atoms with Crippen molar-refractivity contribution in [2.75, 3.05) is 34.4 Å². The van der Waals surface area contributed by atoms with Crippen LogP contribution in [0.15, 0.2) is 30.0 Å². The molecule has 0 amide bonds. The molecule has 4 rings (SSSR count). The van der Waals surface area contributed by atoms with Gasteiger partial charge in [-0.3, -0.25) is 14.5 Å². The molecule has 61 heavy (non-hydrogen) atoms. The number of carbonyl (C=O) groups is 3. The predicted octanol–water partition coefficient (Wildman–Crippen LogP) is 0.698. The lowest BCUT2D eigenvalue weighted by atomic mass is 9.79. The van der Waals surface area contributed by atoms with E-state index in [1.54, 1.807) is 58.8 Å². The highest BCUT2D eigenvalue weighted by atomic mass is 16.7. The minimum absolute atomic E-state index is 0.00430. The number of aliphatic hydroxyl groups is 4.